The molecule has 0 fully saturated rings. The zero-order valence-electron chi connectivity index (χ0n) is 17.9. The molecule has 0 saturated heterocycles. The van der Waals surface area contributed by atoms with Gasteiger partial charge in [-0.25, -0.2) is 8.42 Å². The van der Waals surface area contributed by atoms with Gasteiger partial charge < -0.3 is 4.90 Å². The molecule has 5 heteroatoms. The number of para-hydroxylation sites is 1. The second kappa shape index (κ2) is 10.1. The number of sulfone groups is 1. The Balaban J connectivity index is 1.81. The Kier molecular flexibility index (Phi) is 6.81. The van der Waals surface area contributed by atoms with Crippen molar-refractivity contribution in [2.24, 2.45) is 0 Å². The summed E-state index contributed by atoms with van der Waals surface area (Å²) >= 11 is 0. The molecule has 164 valence electrons. The fourth-order valence-electron chi connectivity index (χ4n) is 3.51. The molecule has 4 aromatic rings. The van der Waals surface area contributed by atoms with E-state index in [0.29, 0.717) is 17.8 Å². The van der Waals surface area contributed by atoms with Crippen LogP contribution in [0.15, 0.2) is 132 Å². The largest absolute Gasteiger partial charge is 0.304 e. The van der Waals surface area contributed by atoms with Crippen LogP contribution in [0.5, 0.6) is 0 Å². The standard InChI is InChI=1S/C28H23NO3S/c30-28(29(25-17-9-3-10-18-25)22-23-13-5-1-6-14-23)21-27(24-15-7-2-8-16-24)33(31,32)26-19-11-4-12-20-26/h1-21H,22H2/b27-21+. The zero-order valence-corrected chi connectivity index (χ0v) is 18.7. The normalized spacial score (nSPS) is 11.7. The number of benzene rings is 4. The van der Waals surface area contributed by atoms with E-state index in [-0.39, 0.29) is 9.80 Å². The van der Waals surface area contributed by atoms with Crippen molar-refractivity contribution in [3.05, 3.63) is 139 Å². The van der Waals surface area contributed by atoms with E-state index in [1.54, 1.807) is 47.4 Å². The van der Waals surface area contributed by atoms with Gasteiger partial charge in [0, 0.05) is 11.8 Å². The van der Waals surface area contributed by atoms with Crippen molar-refractivity contribution >= 4 is 26.3 Å². The van der Waals surface area contributed by atoms with E-state index in [2.05, 4.69) is 0 Å². The van der Waals surface area contributed by atoms with Gasteiger partial charge in [0.1, 0.15) is 0 Å². The zero-order chi connectivity index (χ0) is 23.1. The van der Waals surface area contributed by atoms with Gasteiger partial charge in [0.25, 0.3) is 5.91 Å². The molecule has 1 amide bonds. The lowest BCUT2D eigenvalue weighted by molar-refractivity contribution is -0.114. The average Bonchev–Trinajstić information content (AvgIpc) is 2.88. The molecule has 0 aliphatic heterocycles. The number of anilines is 1. The SMILES string of the molecule is O=C(/C=C(\c1ccccc1)S(=O)(=O)c1ccccc1)N(Cc1ccccc1)c1ccccc1. The van der Waals surface area contributed by atoms with Crippen molar-refractivity contribution in [3.8, 4) is 0 Å². The van der Waals surface area contributed by atoms with E-state index in [4.69, 9.17) is 0 Å². The average molecular weight is 454 g/mol. The summed E-state index contributed by atoms with van der Waals surface area (Å²) in [5, 5.41) is 0. The summed E-state index contributed by atoms with van der Waals surface area (Å²) in [6.45, 7) is 0.313. The van der Waals surface area contributed by atoms with Gasteiger partial charge in [-0.1, -0.05) is 97.1 Å². The number of carbonyl (C=O) groups excluding carboxylic acids is 1. The van der Waals surface area contributed by atoms with E-state index in [1.807, 2.05) is 66.7 Å². The molecule has 4 rings (SSSR count). The highest BCUT2D eigenvalue weighted by Crippen LogP contribution is 2.29. The van der Waals surface area contributed by atoms with Gasteiger partial charge in [0.05, 0.1) is 16.3 Å². The first kappa shape index (κ1) is 22.2. The van der Waals surface area contributed by atoms with Crippen LogP contribution in [0.3, 0.4) is 0 Å². The van der Waals surface area contributed by atoms with Crippen LogP contribution in [0.2, 0.25) is 0 Å². The maximum atomic E-state index is 13.6. The highest BCUT2D eigenvalue weighted by molar-refractivity contribution is 8.00. The minimum atomic E-state index is -3.92. The van der Waals surface area contributed by atoms with Crippen molar-refractivity contribution in [1.82, 2.24) is 0 Å². The summed E-state index contributed by atoms with van der Waals surface area (Å²) in [6, 6.07) is 35.7. The Bertz CT molecular complexity index is 1340. The number of hydrogen-bond acceptors (Lipinski definition) is 3. The van der Waals surface area contributed by atoms with Gasteiger partial charge in [-0.2, -0.15) is 0 Å². The minimum absolute atomic E-state index is 0.0340. The molecular formula is C28H23NO3S. The molecule has 0 aromatic heterocycles. The molecule has 33 heavy (non-hydrogen) atoms. The molecule has 0 unspecified atom stereocenters. The number of hydrogen-bond donors (Lipinski definition) is 0. The maximum absolute atomic E-state index is 13.6. The van der Waals surface area contributed by atoms with Crippen molar-refractivity contribution in [1.29, 1.82) is 0 Å². The lowest BCUT2D eigenvalue weighted by Gasteiger charge is -2.22. The monoisotopic (exact) mass is 453 g/mol. The Labute approximate surface area is 194 Å². The lowest BCUT2D eigenvalue weighted by atomic mass is 10.1. The van der Waals surface area contributed by atoms with Crippen LogP contribution in [-0.4, -0.2) is 14.3 Å². The first-order valence-corrected chi connectivity index (χ1v) is 12.0. The van der Waals surface area contributed by atoms with Gasteiger partial charge in [0.15, 0.2) is 0 Å². The summed E-state index contributed by atoms with van der Waals surface area (Å²) in [7, 11) is -3.92. The van der Waals surface area contributed by atoms with Crippen molar-refractivity contribution in [2.45, 2.75) is 11.4 Å². The van der Waals surface area contributed by atoms with E-state index in [0.717, 1.165) is 5.56 Å². The van der Waals surface area contributed by atoms with E-state index in [9.17, 15) is 13.2 Å². The topological polar surface area (TPSA) is 54.5 Å². The summed E-state index contributed by atoms with van der Waals surface area (Å²) in [5.41, 5.74) is 2.09. The highest BCUT2D eigenvalue weighted by Gasteiger charge is 2.25. The number of carbonyl (C=O) groups is 1. The fourth-order valence-corrected chi connectivity index (χ4v) is 4.98. The van der Waals surface area contributed by atoms with E-state index in [1.165, 1.54) is 18.2 Å². The maximum Gasteiger partial charge on any atom is 0.252 e. The van der Waals surface area contributed by atoms with Gasteiger partial charge in [-0.05, 0) is 35.4 Å². The van der Waals surface area contributed by atoms with Crippen molar-refractivity contribution in [2.75, 3.05) is 4.90 Å². The van der Waals surface area contributed by atoms with Crippen LogP contribution >= 0.6 is 0 Å². The van der Waals surface area contributed by atoms with E-state index < -0.39 is 15.7 Å². The van der Waals surface area contributed by atoms with Crippen LogP contribution in [0.1, 0.15) is 11.1 Å². The highest BCUT2D eigenvalue weighted by atomic mass is 32.2. The molecule has 0 N–H and O–H groups in total. The van der Waals surface area contributed by atoms with Crippen molar-refractivity contribution < 1.29 is 13.2 Å². The molecule has 0 bridgehead atoms. The summed E-state index contributed by atoms with van der Waals surface area (Å²) in [4.78, 5) is 15.3. The molecule has 0 radical (unpaired) electrons. The number of nitrogens with zero attached hydrogens (tertiary/aromatic N) is 1. The Morgan fingerprint density at radius 1 is 0.667 bits per heavy atom. The second-order valence-corrected chi connectivity index (χ2v) is 9.35. The van der Waals surface area contributed by atoms with Gasteiger partial charge in [0.2, 0.25) is 9.84 Å². The van der Waals surface area contributed by atoms with Crippen LogP contribution in [-0.2, 0) is 21.2 Å². The third-order valence-corrected chi connectivity index (χ3v) is 7.00. The minimum Gasteiger partial charge on any atom is -0.304 e. The summed E-state index contributed by atoms with van der Waals surface area (Å²) in [6.07, 6.45) is 1.23. The molecule has 0 atom stereocenters. The third kappa shape index (κ3) is 5.27. The first-order chi connectivity index (χ1) is 16.1. The first-order valence-electron chi connectivity index (χ1n) is 10.5. The van der Waals surface area contributed by atoms with Gasteiger partial charge in [-0.3, -0.25) is 4.79 Å². The number of rotatable bonds is 7. The molecule has 0 aliphatic carbocycles. The second-order valence-electron chi connectivity index (χ2n) is 7.44. The molecule has 4 nitrogen and oxygen atoms in total. The number of amides is 1. The molecular weight excluding hydrogens is 430 g/mol. The molecule has 0 heterocycles. The van der Waals surface area contributed by atoms with Gasteiger partial charge >= 0.3 is 0 Å². The van der Waals surface area contributed by atoms with Crippen LogP contribution in [0.25, 0.3) is 4.91 Å². The molecule has 0 saturated carbocycles. The lowest BCUT2D eigenvalue weighted by Crippen LogP contribution is -2.29. The predicted molar refractivity (Wildman–Crippen MR) is 132 cm³/mol. The van der Waals surface area contributed by atoms with Crippen LogP contribution < -0.4 is 4.90 Å². The summed E-state index contributed by atoms with van der Waals surface area (Å²) < 4.78 is 27.1. The molecule has 0 aliphatic rings. The molecule has 4 aromatic carbocycles. The smallest absolute Gasteiger partial charge is 0.252 e. The van der Waals surface area contributed by atoms with Crippen LogP contribution in [0, 0.1) is 0 Å². The Morgan fingerprint density at radius 2 is 1.15 bits per heavy atom. The van der Waals surface area contributed by atoms with Gasteiger partial charge in [-0.15, -0.1) is 0 Å². The fraction of sp³-hybridized carbons (Fsp3) is 0.0357. The Morgan fingerprint density at radius 3 is 1.73 bits per heavy atom. The Hall–Kier alpha value is -3.96. The summed E-state index contributed by atoms with van der Waals surface area (Å²) in [5.74, 6) is -0.414. The quantitative estimate of drug-likeness (QED) is 0.336. The predicted octanol–water partition coefficient (Wildman–Crippen LogP) is 5.73. The molecule has 0 spiro atoms. The third-order valence-electron chi connectivity index (χ3n) is 5.17. The van der Waals surface area contributed by atoms with E-state index >= 15 is 0 Å². The van der Waals surface area contributed by atoms with Crippen LogP contribution in [0.4, 0.5) is 5.69 Å². The van der Waals surface area contributed by atoms with Crippen molar-refractivity contribution in [3.63, 3.8) is 0 Å².